The highest BCUT2D eigenvalue weighted by Gasteiger charge is 2.10. The zero-order valence-corrected chi connectivity index (χ0v) is 9.56. The van der Waals surface area contributed by atoms with Crippen LogP contribution in [0.4, 0.5) is 5.95 Å². The molecule has 1 heterocycles. The molecule has 0 aliphatic heterocycles. The summed E-state index contributed by atoms with van der Waals surface area (Å²) in [5.74, 6) is 0.323. The maximum Gasteiger partial charge on any atom is 0.337 e. The first kappa shape index (κ1) is 10.5. The molecule has 0 atom stereocenters. The molecular formula is C11H14N4O. The molecule has 5 nitrogen and oxygen atoms in total. The molecule has 1 aromatic heterocycles. The smallest absolute Gasteiger partial charge is 0.337 e. The standard InChI is InChI=1S/C11H14N4O/c1-7-4-5-9(8(2)6-7)15-10(12)13-11(14-15)16-3/h4-6H,1-3H3,(H2,12,13,14). The van der Waals surface area contributed by atoms with Crippen LogP contribution in [-0.2, 0) is 0 Å². The van der Waals surface area contributed by atoms with E-state index in [1.54, 1.807) is 4.68 Å². The number of rotatable bonds is 2. The summed E-state index contributed by atoms with van der Waals surface area (Å²) in [5, 5.41) is 4.15. The Balaban J connectivity index is 2.53. The second-order valence-corrected chi connectivity index (χ2v) is 3.66. The highest BCUT2D eigenvalue weighted by molar-refractivity contribution is 5.45. The number of aromatic nitrogens is 3. The van der Waals surface area contributed by atoms with Gasteiger partial charge in [0.2, 0.25) is 5.95 Å². The monoisotopic (exact) mass is 218 g/mol. The van der Waals surface area contributed by atoms with E-state index in [0.29, 0.717) is 5.95 Å². The molecular weight excluding hydrogens is 204 g/mol. The van der Waals surface area contributed by atoms with Crippen molar-refractivity contribution in [2.75, 3.05) is 12.8 Å². The Hall–Kier alpha value is -2.04. The van der Waals surface area contributed by atoms with Gasteiger partial charge in [0.25, 0.3) is 0 Å². The Morgan fingerprint density at radius 1 is 1.31 bits per heavy atom. The number of hydrogen-bond acceptors (Lipinski definition) is 4. The van der Waals surface area contributed by atoms with Crippen molar-refractivity contribution < 1.29 is 4.74 Å². The Morgan fingerprint density at radius 2 is 2.06 bits per heavy atom. The van der Waals surface area contributed by atoms with Gasteiger partial charge < -0.3 is 10.5 Å². The number of anilines is 1. The van der Waals surface area contributed by atoms with Gasteiger partial charge in [0.05, 0.1) is 12.8 Å². The average Bonchev–Trinajstić information content (AvgIpc) is 2.60. The fraction of sp³-hybridized carbons (Fsp3) is 0.273. The summed E-state index contributed by atoms with van der Waals surface area (Å²) >= 11 is 0. The molecule has 5 heteroatoms. The molecule has 16 heavy (non-hydrogen) atoms. The van der Waals surface area contributed by atoms with Crippen molar-refractivity contribution in [3.05, 3.63) is 29.3 Å². The number of hydrogen-bond donors (Lipinski definition) is 1. The van der Waals surface area contributed by atoms with Crippen molar-refractivity contribution in [3.8, 4) is 11.7 Å². The van der Waals surface area contributed by atoms with Crippen molar-refractivity contribution >= 4 is 5.95 Å². The van der Waals surface area contributed by atoms with E-state index in [1.165, 1.54) is 12.7 Å². The number of aryl methyl sites for hydroxylation is 2. The van der Waals surface area contributed by atoms with Crippen LogP contribution in [0.1, 0.15) is 11.1 Å². The van der Waals surface area contributed by atoms with Gasteiger partial charge in [-0.15, -0.1) is 5.10 Å². The third-order valence-electron chi connectivity index (χ3n) is 2.38. The zero-order valence-electron chi connectivity index (χ0n) is 9.56. The quantitative estimate of drug-likeness (QED) is 0.829. The highest BCUT2D eigenvalue weighted by atomic mass is 16.5. The summed E-state index contributed by atoms with van der Waals surface area (Å²) in [6, 6.07) is 6.33. The van der Waals surface area contributed by atoms with Crippen molar-refractivity contribution in [1.82, 2.24) is 14.8 Å². The van der Waals surface area contributed by atoms with Gasteiger partial charge in [-0.25, -0.2) is 0 Å². The topological polar surface area (TPSA) is 66.0 Å². The van der Waals surface area contributed by atoms with Gasteiger partial charge in [0, 0.05) is 0 Å². The summed E-state index contributed by atoms with van der Waals surface area (Å²) < 4.78 is 6.51. The fourth-order valence-electron chi connectivity index (χ4n) is 1.61. The molecule has 0 saturated carbocycles. The lowest BCUT2D eigenvalue weighted by Gasteiger charge is -2.06. The van der Waals surface area contributed by atoms with Crippen LogP contribution in [0.25, 0.3) is 5.69 Å². The second kappa shape index (κ2) is 3.84. The predicted molar refractivity (Wildman–Crippen MR) is 61.8 cm³/mol. The Kier molecular flexibility index (Phi) is 2.52. The molecule has 0 fully saturated rings. The Morgan fingerprint density at radius 3 is 2.62 bits per heavy atom. The minimum atomic E-state index is 0.275. The maximum atomic E-state index is 5.77. The highest BCUT2D eigenvalue weighted by Crippen LogP contribution is 2.19. The lowest BCUT2D eigenvalue weighted by molar-refractivity contribution is 0.380. The summed E-state index contributed by atoms with van der Waals surface area (Å²) in [4.78, 5) is 3.98. The minimum absolute atomic E-state index is 0.275. The first-order valence-corrected chi connectivity index (χ1v) is 4.96. The molecule has 1 aromatic carbocycles. The molecule has 0 aliphatic carbocycles. The second-order valence-electron chi connectivity index (χ2n) is 3.66. The summed E-state index contributed by atoms with van der Waals surface area (Å²) in [5.41, 5.74) is 8.98. The lowest BCUT2D eigenvalue weighted by Crippen LogP contribution is -2.04. The van der Waals surface area contributed by atoms with E-state index in [9.17, 15) is 0 Å². The van der Waals surface area contributed by atoms with Crippen molar-refractivity contribution in [2.24, 2.45) is 0 Å². The normalized spacial score (nSPS) is 10.4. The van der Waals surface area contributed by atoms with Crippen LogP contribution in [0.15, 0.2) is 18.2 Å². The van der Waals surface area contributed by atoms with Gasteiger partial charge in [-0.3, -0.25) is 0 Å². The van der Waals surface area contributed by atoms with Gasteiger partial charge in [-0.05, 0) is 25.5 Å². The number of nitrogens with zero attached hydrogens (tertiary/aromatic N) is 3. The van der Waals surface area contributed by atoms with E-state index in [0.717, 1.165) is 11.3 Å². The summed E-state index contributed by atoms with van der Waals surface area (Å²) in [7, 11) is 1.51. The molecule has 0 amide bonds. The van der Waals surface area contributed by atoms with Gasteiger partial charge in [-0.2, -0.15) is 9.67 Å². The van der Waals surface area contributed by atoms with Gasteiger partial charge in [0.15, 0.2) is 0 Å². The predicted octanol–water partition coefficient (Wildman–Crippen LogP) is 1.47. The van der Waals surface area contributed by atoms with Crippen molar-refractivity contribution in [1.29, 1.82) is 0 Å². The van der Waals surface area contributed by atoms with Crippen LogP contribution in [0.5, 0.6) is 6.01 Å². The van der Waals surface area contributed by atoms with E-state index in [-0.39, 0.29) is 6.01 Å². The minimum Gasteiger partial charge on any atom is -0.466 e. The molecule has 0 spiro atoms. The number of ether oxygens (including phenoxy) is 1. The third-order valence-corrected chi connectivity index (χ3v) is 2.38. The van der Waals surface area contributed by atoms with Crippen LogP contribution in [-0.4, -0.2) is 21.9 Å². The molecule has 0 unspecified atom stereocenters. The van der Waals surface area contributed by atoms with E-state index >= 15 is 0 Å². The zero-order chi connectivity index (χ0) is 11.7. The molecule has 0 radical (unpaired) electrons. The van der Waals surface area contributed by atoms with E-state index in [2.05, 4.69) is 16.1 Å². The van der Waals surface area contributed by atoms with Crippen molar-refractivity contribution in [2.45, 2.75) is 13.8 Å². The van der Waals surface area contributed by atoms with Gasteiger partial charge in [-0.1, -0.05) is 17.7 Å². The van der Waals surface area contributed by atoms with Gasteiger partial charge >= 0.3 is 6.01 Å². The maximum absolute atomic E-state index is 5.77. The largest absolute Gasteiger partial charge is 0.466 e. The van der Waals surface area contributed by atoms with Crippen LogP contribution >= 0.6 is 0 Å². The summed E-state index contributed by atoms with van der Waals surface area (Å²) in [6.07, 6.45) is 0. The van der Waals surface area contributed by atoms with E-state index < -0.39 is 0 Å². The van der Waals surface area contributed by atoms with Crippen LogP contribution in [0, 0.1) is 13.8 Å². The fourth-order valence-corrected chi connectivity index (χ4v) is 1.61. The molecule has 0 bridgehead atoms. The lowest BCUT2D eigenvalue weighted by atomic mass is 10.1. The number of nitrogens with two attached hydrogens (primary N) is 1. The third kappa shape index (κ3) is 1.71. The Labute approximate surface area is 93.9 Å². The first-order valence-electron chi connectivity index (χ1n) is 4.96. The molecule has 84 valence electrons. The molecule has 2 N–H and O–H groups in total. The Bertz CT molecular complexity index is 519. The summed E-state index contributed by atoms with van der Waals surface area (Å²) in [6.45, 7) is 4.05. The van der Waals surface area contributed by atoms with E-state index in [4.69, 9.17) is 10.5 Å². The molecule has 2 aromatic rings. The van der Waals surface area contributed by atoms with Crippen LogP contribution in [0.3, 0.4) is 0 Å². The number of methoxy groups -OCH3 is 1. The number of benzene rings is 1. The molecule has 0 saturated heterocycles. The SMILES string of the molecule is COc1nc(N)n(-c2ccc(C)cc2C)n1. The van der Waals surface area contributed by atoms with Gasteiger partial charge in [0.1, 0.15) is 0 Å². The average molecular weight is 218 g/mol. The first-order chi connectivity index (χ1) is 7.61. The van der Waals surface area contributed by atoms with Crippen LogP contribution in [0.2, 0.25) is 0 Å². The van der Waals surface area contributed by atoms with E-state index in [1.807, 2.05) is 26.0 Å². The van der Waals surface area contributed by atoms with Crippen LogP contribution < -0.4 is 10.5 Å². The molecule has 0 aliphatic rings. The van der Waals surface area contributed by atoms with Crippen molar-refractivity contribution in [3.63, 3.8) is 0 Å². The molecule has 2 rings (SSSR count). The number of nitrogen functional groups attached to an aromatic ring is 1.